The van der Waals surface area contributed by atoms with Crippen LogP contribution < -0.4 is 57.8 Å². The first-order chi connectivity index (χ1) is 69.2. The van der Waals surface area contributed by atoms with Crippen molar-refractivity contribution in [1.82, 2.24) is 39.3 Å². The first kappa shape index (κ1) is 108. The van der Waals surface area contributed by atoms with E-state index < -0.39 is 60.8 Å². The highest BCUT2D eigenvalue weighted by molar-refractivity contribution is 7.22. The fourth-order valence-corrected chi connectivity index (χ4v) is 17.8. The van der Waals surface area contributed by atoms with Gasteiger partial charge in [0.15, 0.2) is 29.2 Å². The number of aryl methyl sites for hydroxylation is 3. The van der Waals surface area contributed by atoms with Gasteiger partial charge in [-0.15, -0.1) is 45.3 Å². The van der Waals surface area contributed by atoms with E-state index in [0.717, 1.165) is 100 Å². The van der Waals surface area contributed by atoms with Crippen LogP contribution >= 0.6 is 45.3 Å². The number of ether oxygens (including phenoxy) is 8. The third-order valence-corrected chi connectivity index (χ3v) is 25.6. The van der Waals surface area contributed by atoms with Crippen molar-refractivity contribution in [3.8, 4) is 23.0 Å². The van der Waals surface area contributed by atoms with Gasteiger partial charge in [-0.3, -0.25) is 61.4 Å². The molecule has 0 spiro atoms. The molecule has 0 saturated carbocycles. The van der Waals surface area contributed by atoms with Gasteiger partial charge in [-0.25, -0.2) is 29.0 Å². The number of nitrogen functional groups attached to an aromatic ring is 4. The Morgan fingerprint density at radius 1 is 0.521 bits per heavy atom. The molecule has 3 amide bonds. The number of piperazine rings is 1. The number of hydrogen-bond donors (Lipinski definition) is 16. The number of thiophene rings is 3. The zero-order chi connectivity index (χ0) is 104. The van der Waals surface area contributed by atoms with Crippen LogP contribution in [0.4, 0.5) is 44.7 Å². The second kappa shape index (κ2) is 51.9. The maximum atomic E-state index is 13.1. The van der Waals surface area contributed by atoms with Crippen molar-refractivity contribution in [2.24, 2.45) is 37.0 Å². The number of carboxylic acids is 1. The van der Waals surface area contributed by atoms with Crippen LogP contribution in [0.5, 0.6) is 23.0 Å². The molecule has 4 atom stereocenters. The normalized spacial score (nSPS) is 12.4. The number of alkyl halides is 3. The molecule has 9 aromatic carbocycles. The highest BCUT2D eigenvalue weighted by atomic mass is 32.1. The number of aliphatic hydroxyl groups excluding tert-OH is 1. The van der Waals surface area contributed by atoms with E-state index in [9.17, 15) is 37.5 Å². The molecule has 16 aromatic rings. The van der Waals surface area contributed by atoms with Crippen molar-refractivity contribution < 1.29 is 105 Å². The van der Waals surface area contributed by atoms with Gasteiger partial charge in [0, 0.05) is 111 Å². The number of methoxy groups -OCH3 is 1. The molecule has 20 N–H and O–H groups in total. The molecule has 17 rings (SSSR count). The van der Waals surface area contributed by atoms with Crippen molar-refractivity contribution in [1.29, 1.82) is 21.6 Å². The van der Waals surface area contributed by atoms with Gasteiger partial charge in [0.2, 0.25) is 6.10 Å². The maximum absolute atomic E-state index is 13.1. The van der Waals surface area contributed by atoms with E-state index in [1.165, 1.54) is 63.3 Å². The van der Waals surface area contributed by atoms with Crippen molar-refractivity contribution in [2.45, 2.75) is 50.7 Å². The highest BCUT2D eigenvalue weighted by Gasteiger charge is 2.38. The number of aliphatic hydroxyl groups is 1. The number of aromatic amines is 1. The second-order valence-electron chi connectivity index (χ2n) is 31.0. The Balaban J connectivity index is 0.000000177. The number of halogens is 3. The van der Waals surface area contributed by atoms with Crippen LogP contribution in [0.25, 0.3) is 51.4 Å². The first-order valence-corrected chi connectivity index (χ1v) is 46.6. The topological polar surface area (TPSA) is 581 Å². The molecular formula is C99H100F3N19O19S4. The lowest BCUT2D eigenvalue weighted by molar-refractivity contribution is -0.192. The van der Waals surface area contributed by atoms with Gasteiger partial charge in [-0.1, -0.05) is 146 Å². The van der Waals surface area contributed by atoms with Crippen LogP contribution in [-0.4, -0.2) is 193 Å². The van der Waals surface area contributed by atoms with Gasteiger partial charge < -0.3 is 91.1 Å². The number of esters is 1. The number of H-pyrrole nitrogens is 1. The van der Waals surface area contributed by atoms with E-state index in [1.54, 1.807) is 31.3 Å². The van der Waals surface area contributed by atoms with Crippen LogP contribution in [0.2, 0.25) is 0 Å². The molecule has 750 valence electrons. The zero-order valence-corrected chi connectivity index (χ0v) is 80.9. The van der Waals surface area contributed by atoms with E-state index >= 15 is 0 Å². The number of nitrogens with zero attached hydrogens (tertiary/aromatic N) is 7. The number of carbonyl (C=O) groups is 7. The molecular weight excluding hydrogens is 1940 g/mol. The SMILES string of the molecule is COC(=O)C(Oc1cccc2sc(C(=N)N)nc12)c1ccccc1.Cc1nn(C)c(CN2CCN(C)CC2)c1NC(=O)OCC(Oc1cccc2sc(C(=N)N)cc12)c1ccccc1.Cn1ncc(CO)c1NC(=O)OCC(Oc1cccc2sc(C(=N)N)cc12)c1ccccc1.N=C(N)c1cc2c(OC(COC(=O)Nc3ccc4[nH]ccc4c3)c3ccccc3)cccc2s1.O=C(O)C(F)(F)F.O=CO.O=CO. The summed E-state index contributed by atoms with van der Waals surface area (Å²) in [5.41, 5.74) is 30.9. The number of aromatic nitrogens is 6. The number of amidine groups is 4. The summed E-state index contributed by atoms with van der Waals surface area (Å²) in [6.45, 7) is 5.74. The molecule has 38 nitrogen and oxygen atoms in total. The molecule has 1 aliphatic rings. The van der Waals surface area contributed by atoms with Gasteiger partial charge in [-0.2, -0.15) is 23.4 Å². The summed E-state index contributed by atoms with van der Waals surface area (Å²) >= 11 is 5.59. The number of para-hydroxylation sites is 1. The molecule has 1 fully saturated rings. The Morgan fingerprint density at radius 2 is 0.938 bits per heavy atom. The minimum absolute atomic E-state index is 0.000762. The quantitative estimate of drug-likeness (QED) is 0.00680. The zero-order valence-electron chi connectivity index (χ0n) is 77.6. The minimum Gasteiger partial charge on any atom is -0.483 e. The summed E-state index contributed by atoms with van der Waals surface area (Å²) < 4.78 is 85.3. The van der Waals surface area contributed by atoms with Crippen molar-refractivity contribution >= 4 is 180 Å². The largest absolute Gasteiger partial charge is 0.490 e. The fourth-order valence-electron chi connectivity index (χ4n) is 14.2. The number of benzene rings is 9. The van der Waals surface area contributed by atoms with E-state index in [-0.39, 0.29) is 62.7 Å². The first-order valence-electron chi connectivity index (χ1n) is 43.4. The summed E-state index contributed by atoms with van der Waals surface area (Å²) in [6.07, 6.45) is -6.12. The molecule has 1 saturated heterocycles. The second-order valence-corrected chi connectivity index (χ2v) is 35.3. The van der Waals surface area contributed by atoms with Crippen LogP contribution in [0.15, 0.2) is 249 Å². The van der Waals surface area contributed by atoms with Gasteiger partial charge in [0.25, 0.3) is 12.9 Å². The monoisotopic (exact) mass is 2040 g/mol. The number of amides is 3. The Hall–Kier alpha value is -16.9. The summed E-state index contributed by atoms with van der Waals surface area (Å²) in [4.78, 5) is 90.0. The smallest absolute Gasteiger partial charge is 0.483 e. The van der Waals surface area contributed by atoms with E-state index in [1.807, 2.05) is 237 Å². The lowest BCUT2D eigenvalue weighted by Gasteiger charge is -2.32. The minimum atomic E-state index is -5.08. The molecule has 4 unspecified atom stereocenters. The van der Waals surface area contributed by atoms with Crippen LogP contribution in [0.1, 0.15) is 83.3 Å². The van der Waals surface area contributed by atoms with Crippen molar-refractivity contribution in [3.05, 3.63) is 308 Å². The number of rotatable bonds is 29. The Labute approximate surface area is 836 Å². The average Bonchev–Trinajstić information content (AvgIpc) is 1.47. The summed E-state index contributed by atoms with van der Waals surface area (Å²) in [7, 11) is 7.00. The van der Waals surface area contributed by atoms with E-state index in [2.05, 4.69) is 53.0 Å². The molecule has 0 bridgehead atoms. The number of fused-ring (bicyclic) bond motifs is 5. The number of anilines is 3. The van der Waals surface area contributed by atoms with Gasteiger partial charge in [-0.05, 0) is 122 Å². The third kappa shape index (κ3) is 29.9. The molecule has 0 aliphatic carbocycles. The Bertz CT molecular complexity index is 7110. The van der Waals surface area contributed by atoms with Gasteiger partial charge in [0.1, 0.15) is 71.7 Å². The average molecular weight is 2050 g/mol. The number of nitrogens with one attached hydrogen (secondary N) is 8. The van der Waals surface area contributed by atoms with Crippen molar-refractivity contribution in [2.75, 3.05) is 76.1 Å². The number of likely N-dealkylation sites (N-methyl/N-ethyl adjacent to an activating group) is 1. The Kier molecular flexibility index (Phi) is 38.8. The summed E-state index contributed by atoms with van der Waals surface area (Å²) in [6, 6.07) is 73.4. The molecule has 7 aromatic heterocycles. The molecule has 1 aliphatic heterocycles. The standard InChI is InChI=1S/C29H35N7O3S.C26H22N4O3S.C23H23N5O4S.C17H15N3O3S.C2HF3O2.2CH2O2/c1-19-27(22(35(3)33-19)17-36-14-12-34(2)13-15-36)32-29(37)38-18-24(20-8-5-4-6-9-20)39-23-10-7-11-25-21(23)16-26(40-25)28(30)31;27-25(28)24-14-19-21(7-4-8-23(19)34-24)33-22(16-5-2-1-3-6-16)15-32-26(31)30-18-9-10-20-17(13-18)11-12-29-20;1-28-22(15(12-29)11-26-28)27-23(30)31-13-18(14-6-3-2-4-7-14)32-17-8-5-9-19-16(17)10-20(33-19)21(24)25;1-22-17(21)14(10-6-3-2-4-7-10)23-11-8-5-9-12-13(11)20-16(24-12)15(18)19;3-2(4,5)1(6)7;2*2-1-3/h4-11,16,24H,12-15,17-18H2,1-3H3,(H3,30,31)(H,32,37);1-14,22,29H,15H2,(H3,27,28)(H,30,31);2-11,18,29H,12-13H2,1H3,(H3,24,25)(H,27,30);2-9,14H,1H3,(H3,18,19);(H,6,7);2*1H,(H,2,3). The molecule has 144 heavy (non-hydrogen) atoms. The summed E-state index contributed by atoms with van der Waals surface area (Å²) in [5.74, 6) is -0.650. The number of hydrogen-bond acceptors (Lipinski definition) is 29. The van der Waals surface area contributed by atoms with E-state index in [0.29, 0.717) is 83.0 Å². The Morgan fingerprint density at radius 3 is 1.35 bits per heavy atom. The predicted octanol–water partition coefficient (Wildman–Crippen LogP) is 17.1. The van der Waals surface area contributed by atoms with Crippen molar-refractivity contribution in [3.63, 3.8) is 0 Å². The third-order valence-electron chi connectivity index (χ3n) is 21.1. The number of carboxylic acid groups (broad SMARTS) is 3. The highest BCUT2D eigenvalue weighted by Crippen LogP contribution is 2.41. The maximum Gasteiger partial charge on any atom is 0.490 e. The number of thiazole rings is 1. The number of nitrogens with two attached hydrogens (primary N) is 4. The lowest BCUT2D eigenvalue weighted by Crippen LogP contribution is -2.44. The van der Waals surface area contributed by atoms with Gasteiger partial charge >= 0.3 is 36.4 Å². The predicted molar refractivity (Wildman–Crippen MR) is 545 cm³/mol. The number of carbonyl (C=O) groups excluding carboxylic acids is 4. The molecule has 0 radical (unpaired) electrons. The molecule has 45 heteroatoms. The van der Waals surface area contributed by atoms with Crippen LogP contribution in [-0.2, 0) is 65.4 Å². The number of aliphatic carboxylic acids is 1. The van der Waals surface area contributed by atoms with Crippen LogP contribution in [0.3, 0.4) is 0 Å². The van der Waals surface area contributed by atoms with Gasteiger partial charge in [0.05, 0.1) is 56.3 Å². The molecule has 8 heterocycles. The van der Waals surface area contributed by atoms with E-state index in [4.69, 9.17) is 112 Å². The lowest BCUT2D eigenvalue weighted by atomic mass is 10.1. The van der Waals surface area contributed by atoms with Crippen LogP contribution in [0, 0.1) is 28.6 Å². The fraction of sp³-hybridized carbons (Fsp3) is 0.192. The summed E-state index contributed by atoms with van der Waals surface area (Å²) in [5, 5.41) is 82.0.